The number of hydrogen-bond donors (Lipinski definition) is 2. The van der Waals surface area contributed by atoms with Crippen LogP contribution in [0.25, 0.3) is 0 Å². The molecule has 6 heteroatoms. The van der Waals surface area contributed by atoms with E-state index in [9.17, 15) is 8.42 Å². The van der Waals surface area contributed by atoms with Crippen LogP contribution in [0.4, 0.5) is 0 Å². The second-order valence-electron chi connectivity index (χ2n) is 5.76. The second-order valence-corrected chi connectivity index (χ2v) is 8.62. The van der Waals surface area contributed by atoms with Gasteiger partial charge in [-0.15, -0.1) is 11.3 Å². The summed E-state index contributed by atoms with van der Waals surface area (Å²) in [6, 6.07) is 1.63. The summed E-state index contributed by atoms with van der Waals surface area (Å²) in [5, 5.41) is 5.07. The van der Waals surface area contributed by atoms with Crippen LogP contribution in [0.15, 0.2) is 15.7 Å². The number of nitrogens with one attached hydrogen (secondary N) is 2. The fraction of sp³-hybridized carbons (Fsp3) is 0.692. The zero-order valence-electron chi connectivity index (χ0n) is 12.3. The molecule has 0 spiro atoms. The van der Waals surface area contributed by atoms with Crippen molar-refractivity contribution in [3.63, 3.8) is 0 Å². The van der Waals surface area contributed by atoms with Crippen molar-refractivity contribution >= 4 is 21.4 Å². The van der Waals surface area contributed by atoms with Gasteiger partial charge in [0.05, 0.1) is 0 Å². The molecule has 1 heterocycles. The lowest BCUT2D eigenvalue weighted by atomic mass is 9.89. The predicted molar refractivity (Wildman–Crippen MR) is 80.9 cm³/mol. The largest absolute Gasteiger partial charge is 0.313 e. The molecule has 0 fully saturated rings. The van der Waals surface area contributed by atoms with E-state index >= 15 is 0 Å². The maximum absolute atomic E-state index is 12.3. The Hall–Kier alpha value is -0.430. The lowest BCUT2D eigenvalue weighted by molar-refractivity contribution is 0.318. The van der Waals surface area contributed by atoms with Gasteiger partial charge in [0.2, 0.25) is 10.0 Å². The molecule has 0 saturated carbocycles. The molecule has 0 aromatic carbocycles. The van der Waals surface area contributed by atoms with Gasteiger partial charge in [-0.2, -0.15) is 0 Å². The zero-order chi connectivity index (χ0) is 14.7. The van der Waals surface area contributed by atoms with Gasteiger partial charge in [-0.05, 0) is 35.9 Å². The first-order valence-corrected chi connectivity index (χ1v) is 8.83. The molecule has 1 atom stereocenters. The lowest BCUT2D eigenvalue weighted by Gasteiger charge is -2.27. The summed E-state index contributed by atoms with van der Waals surface area (Å²) >= 11 is 1.27. The number of sulfonamides is 1. The molecule has 1 aromatic rings. The maximum Gasteiger partial charge on any atom is 0.250 e. The third-order valence-corrected chi connectivity index (χ3v) is 6.13. The van der Waals surface area contributed by atoms with E-state index in [1.807, 2.05) is 40.0 Å². The van der Waals surface area contributed by atoms with Crippen LogP contribution in [0.5, 0.6) is 0 Å². The summed E-state index contributed by atoms with van der Waals surface area (Å²) < 4.78 is 27.6. The van der Waals surface area contributed by atoms with E-state index in [1.165, 1.54) is 11.3 Å². The van der Waals surface area contributed by atoms with E-state index in [1.54, 1.807) is 6.07 Å². The van der Waals surface area contributed by atoms with E-state index in [4.69, 9.17) is 0 Å². The Morgan fingerprint density at radius 1 is 1.37 bits per heavy atom. The van der Waals surface area contributed by atoms with Crippen LogP contribution in [-0.2, 0) is 16.6 Å². The average molecular weight is 304 g/mol. The van der Waals surface area contributed by atoms with E-state index in [0.717, 1.165) is 12.1 Å². The van der Waals surface area contributed by atoms with Gasteiger partial charge in [0, 0.05) is 12.6 Å². The van der Waals surface area contributed by atoms with Crippen LogP contribution in [0.2, 0.25) is 0 Å². The van der Waals surface area contributed by atoms with Gasteiger partial charge >= 0.3 is 0 Å². The van der Waals surface area contributed by atoms with Gasteiger partial charge in [0.25, 0.3) is 0 Å². The van der Waals surface area contributed by atoms with Crippen molar-refractivity contribution < 1.29 is 8.42 Å². The zero-order valence-corrected chi connectivity index (χ0v) is 13.9. The van der Waals surface area contributed by atoms with Crippen LogP contribution >= 0.6 is 11.3 Å². The Morgan fingerprint density at radius 2 is 2.00 bits per heavy atom. The SMILES string of the molecule is CCNCc1csc(S(=O)(=O)NC(C)C(C)(C)C)c1. The van der Waals surface area contributed by atoms with Crippen molar-refractivity contribution in [2.75, 3.05) is 6.54 Å². The first-order valence-electron chi connectivity index (χ1n) is 6.47. The van der Waals surface area contributed by atoms with Crippen molar-refractivity contribution in [2.24, 2.45) is 5.41 Å². The molecule has 1 aromatic heterocycles. The van der Waals surface area contributed by atoms with Gasteiger partial charge < -0.3 is 5.32 Å². The molecular formula is C13H24N2O2S2. The number of thiophene rings is 1. The van der Waals surface area contributed by atoms with Crippen molar-refractivity contribution in [3.05, 3.63) is 17.0 Å². The summed E-state index contributed by atoms with van der Waals surface area (Å²) in [6.45, 7) is 11.6. The minimum Gasteiger partial charge on any atom is -0.313 e. The van der Waals surface area contributed by atoms with E-state index in [2.05, 4.69) is 10.0 Å². The van der Waals surface area contributed by atoms with Crippen molar-refractivity contribution in [1.29, 1.82) is 0 Å². The first kappa shape index (κ1) is 16.6. The molecule has 2 N–H and O–H groups in total. The quantitative estimate of drug-likeness (QED) is 0.849. The topological polar surface area (TPSA) is 58.2 Å². The summed E-state index contributed by atoms with van der Waals surface area (Å²) in [4.78, 5) is 0. The third-order valence-electron chi connectivity index (χ3n) is 3.10. The third kappa shape index (κ3) is 4.87. The molecule has 19 heavy (non-hydrogen) atoms. The molecular weight excluding hydrogens is 280 g/mol. The summed E-state index contributed by atoms with van der Waals surface area (Å²) in [5.41, 5.74) is 0.910. The minimum absolute atomic E-state index is 0.100. The van der Waals surface area contributed by atoms with Crippen LogP contribution in [0.3, 0.4) is 0 Å². The van der Waals surface area contributed by atoms with E-state index in [-0.39, 0.29) is 11.5 Å². The normalized spacial score (nSPS) is 14.6. The Morgan fingerprint density at radius 3 is 2.53 bits per heavy atom. The highest BCUT2D eigenvalue weighted by atomic mass is 32.2. The van der Waals surface area contributed by atoms with Crippen LogP contribution in [-0.4, -0.2) is 21.0 Å². The minimum atomic E-state index is -3.41. The maximum atomic E-state index is 12.3. The van der Waals surface area contributed by atoms with Crippen molar-refractivity contribution in [2.45, 2.75) is 51.4 Å². The number of hydrogen-bond acceptors (Lipinski definition) is 4. The predicted octanol–water partition coefficient (Wildman–Crippen LogP) is 2.57. The Bertz CT molecular complexity index is 501. The molecule has 1 unspecified atom stereocenters. The molecule has 4 nitrogen and oxygen atoms in total. The Balaban J connectivity index is 2.80. The fourth-order valence-electron chi connectivity index (χ4n) is 1.32. The van der Waals surface area contributed by atoms with E-state index < -0.39 is 10.0 Å². The Kier molecular flexibility index (Phi) is 5.55. The van der Waals surface area contributed by atoms with Gasteiger partial charge in [0.15, 0.2) is 0 Å². The standard InChI is InChI=1S/C13H24N2O2S2/c1-6-14-8-11-7-12(18-9-11)19(16,17)15-10(2)13(3,4)5/h7,9-10,14-15H,6,8H2,1-5H3. The molecule has 0 bridgehead atoms. The highest BCUT2D eigenvalue weighted by molar-refractivity contribution is 7.91. The molecule has 1 rings (SSSR count). The van der Waals surface area contributed by atoms with Crippen LogP contribution < -0.4 is 10.0 Å². The molecule has 110 valence electrons. The van der Waals surface area contributed by atoms with Crippen molar-refractivity contribution in [3.8, 4) is 0 Å². The van der Waals surface area contributed by atoms with E-state index in [0.29, 0.717) is 10.8 Å². The van der Waals surface area contributed by atoms with Crippen molar-refractivity contribution in [1.82, 2.24) is 10.0 Å². The smallest absolute Gasteiger partial charge is 0.250 e. The molecule has 0 saturated heterocycles. The summed E-state index contributed by atoms with van der Waals surface area (Å²) in [5.74, 6) is 0. The fourth-order valence-corrected chi connectivity index (χ4v) is 4.00. The molecule has 0 radical (unpaired) electrons. The molecule has 0 amide bonds. The second kappa shape index (κ2) is 6.35. The van der Waals surface area contributed by atoms with Gasteiger partial charge in [-0.25, -0.2) is 13.1 Å². The highest BCUT2D eigenvalue weighted by Crippen LogP contribution is 2.24. The highest BCUT2D eigenvalue weighted by Gasteiger charge is 2.26. The summed E-state index contributed by atoms with van der Waals surface area (Å²) in [6.07, 6.45) is 0. The molecule has 0 aliphatic carbocycles. The lowest BCUT2D eigenvalue weighted by Crippen LogP contribution is -2.41. The molecule has 0 aliphatic heterocycles. The van der Waals surface area contributed by atoms with Gasteiger partial charge in [-0.1, -0.05) is 27.7 Å². The monoisotopic (exact) mass is 304 g/mol. The summed E-state index contributed by atoms with van der Waals surface area (Å²) in [7, 11) is -3.41. The van der Waals surface area contributed by atoms with Gasteiger partial charge in [0.1, 0.15) is 4.21 Å². The first-order chi connectivity index (χ1) is 8.66. The van der Waals surface area contributed by atoms with Gasteiger partial charge in [-0.3, -0.25) is 0 Å². The number of rotatable bonds is 6. The molecule has 0 aliphatic rings. The Labute approximate surface area is 120 Å². The van der Waals surface area contributed by atoms with Crippen LogP contribution in [0, 0.1) is 5.41 Å². The average Bonchev–Trinajstić information content (AvgIpc) is 2.73. The van der Waals surface area contributed by atoms with Crippen LogP contribution in [0.1, 0.15) is 40.2 Å².